The van der Waals surface area contributed by atoms with Crippen molar-refractivity contribution in [3.63, 3.8) is 0 Å². The standard InChI is InChI=1S/C25H28N6O2S/c1-13(2)27-25(32)21-10-14-3-4-15(11-20(14)34-21)23-29-19-7-8-33-22(19)24(30-23)28-17-5-6-18-16(9-17)12-26-31-18/h3-4,7-8,10-11,13,16-18,26,31H,5-6,9,12H2,1-2H3,(H,27,32)(H,28,29,30). The smallest absolute Gasteiger partial charge is 0.261 e. The highest BCUT2D eigenvalue weighted by Crippen LogP contribution is 2.33. The summed E-state index contributed by atoms with van der Waals surface area (Å²) in [4.78, 5) is 22.8. The molecule has 4 N–H and O–H groups in total. The molecule has 1 amide bonds. The summed E-state index contributed by atoms with van der Waals surface area (Å²) in [6.45, 7) is 4.93. The van der Waals surface area contributed by atoms with Crippen LogP contribution in [0.15, 0.2) is 41.0 Å². The van der Waals surface area contributed by atoms with Crippen LogP contribution in [0, 0.1) is 5.92 Å². The summed E-state index contributed by atoms with van der Waals surface area (Å²) >= 11 is 1.49. The molecule has 1 aliphatic heterocycles. The van der Waals surface area contributed by atoms with E-state index in [4.69, 9.17) is 14.4 Å². The van der Waals surface area contributed by atoms with Crippen molar-refractivity contribution >= 4 is 44.2 Å². The molecular formula is C25H28N6O2S. The monoisotopic (exact) mass is 476 g/mol. The van der Waals surface area contributed by atoms with E-state index < -0.39 is 0 Å². The second kappa shape index (κ2) is 8.65. The van der Waals surface area contributed by atoms with Gasteiger partial charge in [-0.3, -0.25) is 15.6 Å². The fourth-order valence-corrected chi connectivity index (χ4v) is 6.04. The number of thiophene rings is 1. The van der Waals surface area contributed by atoms with Crippen LogP contribution in [0.5, 0.6) is 0 Å². The molecule has 1 aliphatic carbocycles. The summed E-state index contributed by atoms with van der Waals surface area (Å²) in [7, 11) is 0. The van der Waals surface area contributed by atoms with Gasteiger partial charge in [-0.25, -0.2) is 9.97 Å². The van der Waals surface area contributed by atoms with Gasteiger partial charge in [0.2, 0.25) is 0 Å². The highest BCUT2D eigenvalue weighted by molar-refractivity contribution is 7.20. The van der Waals surface area contributed by atoms with Crippen LogP contribution in [0.3, 0.4) is 0 Å². The number of amides is 1. The first-order valence-corrected chi connectivity index (χ1v) is 12.7. The van der Waals surface area contributed by atoms with E-state index >= 15 is 0 Å². The third-order valence-corrected chi connectivity index (χ3v) is 7.80. The van der Waals surface area contributed by atoms with E-state index in [0.717, 1.165) is 52.8 Å². The minimum Gasteiger partial charge on any atom is -0.459 e. The molecule has 6 rings (SSSR count). The molecule has 1 aromatic carbocycles. The van der Waals surface area contributed by atoms with E-state index in [2.05, 4.69) is 27.6 Å². The Morgan fingerprint density at radius 3 is 3.00 bits per heavy atom. The number of carbonyl (C=O) groups excluding carboxylic acids is 1. The van der Waals surface area contributed by atoms with Crippen LogP contribution < -0.4 is 21.5 Å². The maximum absolute atomic E-state index is 12.4. The molecule has 3 atom stereocenters. The van der Waals surface area contributed by atoms with Crippen molar-refractivity contribution < 1.29 is 9.21 Å². The Morgan fingerprint density at radius 1 is 1.21 bits per heavy atom. The zero-order valence-electron chi connectivity index (χ0n) is 19.2. The summed E-state index contributed by atoms with van der Waals surface area (Å²) in [5, 5.41) is 7.66. The van der Waals surface area contributed by atoms with Crippen LogP contribution in [0.4, 0.5) is 5.82 Å². The highest BCUT2D eigenvalue weighted by Gasteiger charge is 2.34. The molecule has 1 saturated carbocycles. The third kappa shape index (κ3) is 4.04. The molecule has 1 saturated heterocycles. The number of aromatic nitrogens is 2. The normalized spacial score (nSPS) is 22.4. The molecule has 0 radical (unpaired) electrons. The lowest BCUT2D eigenvalue weighted by atomic mass is 9.83. The van der Waals surface area contributed by atoms with Crippen LogP contribution in [-0.4, -0.2) is 40.5 Å². The number of anilines is 1. The van der Waals surface area contributed by atoms with Gasteiger partial charge in [0.1, 0.15) is 5.52 Å². The van der Waals surface area contributed by atoms with Gasteiger partial charge < -0.3 is 15.1 Å². The van der Waals surface area contributed by atoms with E-state index in [-0.39, 0.29) is 11.9 Å². The van der Waals surface area contributed by atoms with Crippen molar-refractivity contribution in [2.45, 2.75) is 51.2 Å². The quantitative estimate of drug-likeness (QED) is 0.340. The highest BCUT2D eigenvalue weighted by atomic mass is 32.1. The maximum Gasteiger partial charge on any atom is 0.261 e. The van der Waals surface area contributed by atoms with Gasteiger partial charge in [-0.15, -0.1) is 11.3 Å². The number of furan rings is 1. The number of benzene rings is 1. The Hall–Kier alpha value is -3.01. The predicted molar refractivity (Wildman–Crippen MR) is 135 cm³/mol. The van der Waals surface area contributed by atoms with Gasteiger partial charge in [-0.1, -0.05) is 12.1 Å². The minimum atomic E-state index is -0.0392. The van der Waals surface area contributed by atoms with E-state index in [1.807, 2.05) is 38.1 Å². The molecule has 3 aromatic heterocycles. The van der Waals surface area contributed by atoms with Crippen LogP contribution in [-0.2, 0) is 0 Å². The Labute approximate surface area is 201 Å². The van der Waals surface area contributed by atoms with Crippen molar-refractivity contribution in [3.05, 3.63) is 41.5 Å². The summed E-state index contributed by atoms with van der Waals surface area (Å²) in [5.74, 6) is 1.99. The molecule has 8 nitrogen and oxygen atoms in total. The van der Waals surface area contributed by atoms with Crippen molar-refractivity contribution in [3.8, 4) is 11.4 Å². The Balaban J connectivity index is 1.31. The Bertz CT molecular complexity index is 1360. The van der Waals surface area contributed by atoms with Gasteiger partial charge in [0, 0.05) is 41.0 Å². The lowest BCUT2D eigenvalue weighted by molar-refractivity contribution is 0.0947. The molecule has 2 aliphatic rings. The van der Waals surface area contributed by atoms with Crippen molar-refractivity contribution in [2.75, 3.05) is 11.9 Å². The molecule has 0 spiro atoms. The molecule has 9 heteroatoms. The molecule has 4 heterocycles. The first kappa shape index (κ1) is 21.5. The molecular weight excluding hydrogens is 448 g/mol. The average Bonchev–Trinajstić information content (AvgIpc) is 3.56. The van der Waals surface area contributed by atoms with E-state index in [1.54, 1.807) is 6.26 Å². The fraction of sp³-hybridized carbons (Fsp3) is 0.400. The molecule has 176 valence electrons. The molecule has 2 fully saturated rings. The van der Waals surface area contributed by atoms with Crippen LogP contribution in [0.25, 0.3) is 32.6 Å². The number of hydrazine groups is 1. The average molecular weight is 477 g/mol. The van der Waals surface area contributed by atoms with E-state index in [1.165, 1.54) is 11.3 Å². The van der Waals surface area contributed by atoms with Crippen molar-refractivity contribution in [1.82, 2.24) is 26.1 Å². The van der Waals surface area contributed by atoms with E-state index in [9.17, 15) is 4.79 Å². The zero-order valence-corrected chi connectivity index (χ0v) is 20.0. The SMILES string of the molecule is CC(C)NC(=O)c1cc2ccc(-c3nc(NC4CCC5NNCC5C4)c4occc4n3)cc2s1. The lowest BCUT2D eigenvalue weighted by Gasteiger charge is -2.31. The number of fused-ring (bicyclic) bond motifs is 3. The second-order valence-corrected chi connectivity index (χ2v) is 10.7. The molecule has 4 aromatic rings. The van der Waals surface area contributed by atoms with Gasteiger partial charge in [0.15, 0.2) is 17.2 Å². The van der Waals surface area contributed by atoms with Crippen LogP contribution in [0.1, 0.15) is 42.8 Å². The number of nitrogens with zero attached hydrogens (tertiary/aromatic N) is 2. The first-order valence-electron chi connectivity index (χ1n) is 11.9. The summed E-state index contributed by atoms with van der Waals surface area (Å²) in [5.41, 5.74) is 9.08. The van der Waals surface area contributed by atoms with Crippen LogP contribution >= 0.6 is 11.3 Å². The summed E-state index contributed by atoms with van der Waals surface area (Å²) in [6, 6.07) is 11.0. The topological polar surface area (TPSA) is 104 Å². The number of carbonyl (C=O) groups is 1. The predicted octanol–water partition coefficient (Wildman–Crippen LogP) is 4.30. The largest absolute Gasteiger partial charge is 0.459 e. The van der Waals surface area contributed by atoms with Crippen molar-refractivity contribution in [2.24, 2.45) is 5.92 Å². The number of nitrogens with one attached hydrogen (secondary N) is 4. The Kier molecular flexibility index (Phi) is 5.47. The zero-order chi connectivity index (χ0) is 23.2. The molecule has 34 heavy (non-hydrogen) atoms. The number of hydrogen-bond acceptors (Lipinski definition) is 8. The Morgan fingerprint density at radius 2 is 2.12 bits per heavy atom. The fourth-order valence-electron chi connectivity index (χ4n) is 5.03. The first-order chi connectivity index (χ1) is 16.5. The summed E-state index contributed by atoms with van der Waals surface area (Å²) < 4.78 is 6.78. The maximum atomic E-state index is 12.4. The van der Waals surface area contributed by atoms with Gasteiger partial charge in [-0.2, -0.15) is 0 Å². The van der Waals surface area contributed by atoms with Crippen LogP contribution in [0.2, 0.25) is 0 Å². The van der Waals surface area contributed by atoms with Gasteiger partial charge in [0.25, 0.3) is 5.91 Å². The second-order valence-electron chi connectivity index (χ2n) is 9.57. The third-order valence-electron chi connectivity index (χ3n) is 6.70. The lowest BCUT2D eigenvalue weighted by Crippen LogP contribution is -2.39. The number of rotatable bonds is 5. The summed E-state index contributed by atoms with van der Waals surface area (Å²) in [6.07, 6.45) is 4.97. The molecule has 3 unspecified atom stereocenters. The van der Waals surface area contributed by atoms with Crippen molar-refractivity contribution in [1.29, 1.82) is 0 Å². The number of hydrogen-bond donors (Lipinski definition) is 4. The van der Waals surface area contributed by atoms with Gasteiger partial charge in [-0.05, 0) is 56.5 Å². The molecule has 0 bridgehead atoms. The van der Waals surface area contributed by atoms with Gasteiger partial charge >= 0.3 is 0 Å². The van der Waals surface area contributed by atoms with Gasteiger partial charge in [0.05, 0.1) is 11.1 Å². The minimum absolute atomic E-state index is 0.0392. The van der Waals surface area contributed by atoms with E-state index in [0.29, 0.717) is 34.3 Å².